The van der Waals surface area contributed by atoms with Gasteiger partial charge in [0.05, 0.1) is 17.0 Å². The number of ether oxygens (including phenoxy) is 1. The van der Waals surface area contributed by atoms with E-state index < -0.39 is 0 Å². The number of carbonyl (C=O) groups is 2. The summed E-state index contributed by atoms with van der Waals surface area (Å²) in [6.45, 7) is 4.13. The summed E-state index contributed by atoms with van der Waals surface area (Å²) in [5.74, 6) is 0.203. The summed E-state index contributed by atoms with van der Waals surface area (Å²) in [5.41, 5.74) is 0. The van der Waals surface area contributed by atoms with Crippen LogP contribution in [0.15, 0.2) is 17.5 Å². The van der Waals surface area contributed by atoms with E-state index in [1.807, 2.05) is 29.3 Å². The molecular formula is C17H24N2O3S. The average molecular weight is 336 g/mol. The van der Waals surface area contributed by atoms with E-state index in [-0.39, 0.29) is 29.9 Å². The van der Waals surface area contributed by atoms with Crippen LogP contribution in [-0.4, -0.2) is 48.6 Å². The van der Waals surface area contributed by atoms with Crippen LogP contribution < -0.4 is 5.32 Å². The Labute approximate surface area is 141 Å². The highest BCUT2D eigenvalue weighted by Gasteiger charge is 2.30. The van der Waals surface area contributed by atoms with Gasteiger partial charge in [-0.1, -0.05) is 6.07 Å². The van der Waals surface area contributed by atoms with Crippen LogP contribution in [-0.2, 0) is 9.53 Å². The minimum Gasteiger partial charge on any atom is -0.376 e. The molecule has 2 amide bonds. The molecule has 2 aliphatic heterocycles. The number of nitrogens with zero attached hydrogens (tertiary/aromatic N) is 1. The minimum atomic E-state index is 0.00578. The molecule has 2 saturated heterocycles. The first-order chi connectivity index (χ1) is 11.1. The highest BCUT2D eigenvalue weighted by atomic mass is 32.1. The number of hydrogen-bond donors (Lipinski definition) is 1. The van der Waals surface area contributed by atoms with Crippen molar-refractivity contribution < 1.29 is 14.3 Å². The zero-order valence-corrected chi connectivity index (χ0v) is 14.3. The fourth-order valence-corrected chi connectivity index (χ4v) is 4.02. The summed E-state index contributed by atoms with van der Waals surface area (Å²) in [6.07, 6.45) is 3.73. The largest absolute Gasteiger partial charge is 0.376 e. The topological polar surface area (TPSA) is 58.6 Å². The molecule has 0 aliphatic carbocycles. The fourth-order valence-electron chi connectivity index (χ4n) is 3.33. The molecule has 0 bridgehead atoms. The molecule has 2 fully saturated rings. The van der Waals surface area contributed by atoms with E-state index in [1.165, 1.54) is 11.3 Å². The minimum absolute atomic E-state index is 0.00578. The molecule has 1 aromatic heterocycles. The maximum atomic E-state index is 12.4. The van der Waals surface area contributed by atoms with Gasteiger partial charge in [-0.2, -0.15) is 0 Å². The second-order valence-electron chi connectivity index (χ2n) is 6.39. The molecule has 126 valence electrons. The van der Waals surface area contributed by atoms with E-state index >= 15 is 0 Å². The van der Waals surface area contributed by atoms with E-state index in [2.05, 4.69) is 5.32 Å². The predicted octanol–water partition coefficient (Wildman–Crippen LogP) is 2.28. The number of rotatable bonds is 4. The molecule has 2 atom stereocenters. The first-order valence-electron chi connectivity index (χ1n) is 8.40. The number of thiophene rings is 1. The van der Waals surface area contributed by atoms with Crippen LogP contribution in [0.1, 0.15) is 42.3 Å². The number of piperidine rings is 1. The van der Waals surface area contributed by atoms with Gasteiger partial charge < -0.3 is 15.0 Å². The van der Waals surface area contributed by atoms with Crippen molar-refractivity contribution in [1.82, 2.24) is 10.2 Å². The normalized spacial score (nSPS) is 23.7. The van der Waals surface area contributed by atoms with Gasteiger partial charge in [0, 0.05) is 25.6 Å². The van der Waals surface area contributed by atoms with Crippen molar-refractivity contribution in [3.63, 3.8) is 0 Å². The summed E-state index contributed by atoms with van der Waals surface area (Å²) in [7, 11) is 0. The third-order valence-corrected chi connectivity index (χ3v) is 5.64. The van der Waals surface area contributed by atoms with Gasteiger partial charge in [0.1, 0.15) is 0 Å². The molecule has 0 unspecified atom stereocenters. The smallest absolute Gasteiger partial charge is 0.263 e. The van der Waals surface area contributed by atoms with E-state index in [1.54, 1.807) is 0 Å². The molecule has 0 aromatic carbocycles. The van der Waals surface area contributed by atoms with Crippen molar-refractivity contribution in [2.45, 2.75) is 44.8 Å². The number of carbonyl (C=O) groups excluding carboxylic acids is 2. The summed E-state index contributed by atoms with van der Waals surface area (Å²) >= 11 is 1.47. The Morgan fingerprint density at radius 1 is 1.35 bits per heavy atom. The first-order valence-corrected chi connectivity index (χ1v) is 9.28. The van der Waals surface area contributed by atoms with Crippen molar-refractivity contribution >= 4 is 23.2 Å². The van der Waals surface area contributed by atoms with Crippen LogP contribution in [0.5, 0.6) is 0 Å². The lowest BCUT2D eigenvalue weighted by molar-refractivity contribution is -0.127. The number of amides is 2. The Hall–Kier alpha value is -1.40. The van der Waals surface area contributed by atoms with Crippen molar-refractivity contribution in [1.29, 1.82) is 0 Å². The van der Waals surface area contributed by atoms with Crippen LogP contribution in [0, 0.1) is 5.92 Å². The number of hydrogen-bond acceptors (Lipinski definition) is 4. The van der Waals surface area contributed by atoms with Crippen molar-refractivity contribution in [2.24, 2.45) is 5.92 Å². The number of likely N-dealkylation sites (tertiary alicyclic amines) is 1. The van der Waals surface area contributed by atoms with Crippen LogP contribution >= 0.6 is 11.3 Å². The third-order valence-electron chi connectivity index (χ3n) is 4.78. The Bertz CT molecular complexity index is 532. The molecule has 0 saturated carbocycles. The van der Waals surface area contributed by atoms with Gasteiger partial charge >= 0.3 is 0 Å². The molecule has 23 heavy (non-hydrogen) atoms. The predicted molar refractivity (Wildman–Crippen MR) is 89.5 cm³/mol. The van der Waals surface area contributed by atoms with Crippen molar-refractivity contribution in [2.75, 3.05) is 19.7 Å². The van der Waals surface area contributed by atoms with E-state index in [4.69, 9.17) is 4.74 Å². The lowest BCUT2D eigenvalue weighted by Gasteiger charge is -2.32. The van der Waals surface area contributed by atoms with Gasteiger partial charge in [-0.05, 0) is 44.1 Å². The van der Waals surface area contributed by atoms with Crippen molar-refractivity contribution in [3.8, 4) is 0 Å². The Balaban J connectivity index is 1.46. The summed E-state index contributed by atoms with van der Waals surface area (Å²) in [6, 6.07) is 3.82. The summed E-state index contributed by atoms with van der Waals surface area (Å²) in [5, 5.41) is 5.01. The van der Waals surface area contributed by atoms with Gasteiger partial charge in [0.2, 0.25) is 5.91 Å². The highest BCUT2D eigenvalue weighted by Crippen LogP contribution is 2.22. The number of nitrogens with one attached hydrogen (secondary N) is 1. The third kappa shape index (κ3) is 3.93. The molecule has 2 aliphatic rings. The maximum Gasteiger partial charge on any atom is 0.263 e. The highest BCUT2D eigenvalue weighted by molar-refractivity contribution is 7.12. The lowest BCUT2D eigenvalue weighted by Crippen LogP contribution is -2.47. The van der Waals surface area contributed by atoms with Gasteiger partial charge in [-0.25, -0.2) is 0 Å². The maximum absolute atomic E-state index is 12.4. The van der Waals surface area contributed by atoms with Gasteiger partial charge in [-0.3, -0.25) is 9.59 Å². The molecule has 3 rings (SSSR count). The molecule has 0 radical (unpaired) electrons. The zero-order valence-electron chi connectivity index (χ0n) is 13.5. The lowest BCUT2D eigenvalue weighted by atomic mass is 9.95. The quantitative estimate of drug-likeness (QED) is 0.918. The van der Waals surface area contributed by atoms with Gasteiger partial charge in [0.15, 0.2) is 0 Å². The fraction of sp³-hybridized carbons (Fsp3) is 0.647. The SMILES string of the molecule is C[C@H](NC(=O)C1CCN(C(=O)c2cccs2)CC1)[C@H]1CCCO1. The van der Waals surface area contributed by atoms with Crippen LogP contribution in [0.4, 0.5) is 0 Å². The Kier molecular flexibility index (Phi) is 5.33. The second kappa shape index (κ2) is 7.45. The zero-order chi connectivity index (χ0) is 16.2. The molecule has 1 N–H and O–H groups in total. The second-order valence-corrected chi connectivity index (χ2v) is 7.34. The van der Waals surface area contributed by atoms with Crippen molar-refractivity contribution in [3.05, 3.63) is 22.4 Å². The van der Waals surface area contributed by atoms with E-state index in [0.29, 0.717) is 13.1 Å². The average Bonchev–Trinajstić information content (AvgIpc) is 3.27. The first kappa shape index (κ1) is 16.5. The Morgan fingerprint density at radius 2 is 2.13 bits per heavy atom. The van der Waals surface area contributed by atoms with Gasteiger partial charge in [-0.15, -0.1) is 11.3 Å². The molecule has 3 heterocycles. The van der Waals surface area contributed by atoms with Crippen LogP contribution in [0.25, 0.3) is 0 Å². The Morgan fingerprint density at radius 3 is 2.74 bits per heavy atom. The van der Waals surface area contributed by atoms with E-state index in [9.17, 15) is 9.59 Å². The van der Waals surface area contributed by atoms with Crippen LogP contribution in [0.2, 0.25) is 0 Å². The summed E-state index contributed by atoms with van der Waals surface area (Å²) in [4.78, 5) is 27.3. The molecular weight excluding hydrogens is 312 g/mol. The van der Waals surface area contributed by atoms with Crippen LogP contribution in [0.3, 0.4) is 0 Å². The molecule has 1 aromatic rings. The monoisotopic (exact) mass is 336 g/mol. The van der Waals surface area contributed by atoms with Gasteiger partial charge in [0.25, 0.3) is 5.91 Å². The van der Waals surface area contributed by atoms with E-state index in [0.717, 1.165) is 37.2 Å². The molecule has 6 heteroatoms. The molecule has 5 nitrogen and oxygen atoms in total. The summed E-state index contributed by atoms with van der Waals surface area (Å²) < 4.78 is 5.63. The molecule has 0 spiro atoms. The standard InChI is InChI=1S/C17H24N2O3S/c1-12(14-4-2-10-22-14)18-16(20)13-6-8-19(9-7-13)17(21)15-5-3-11-23-15/h3,5,11-14H,2,4,6-10H2,1H3,(H,18,20)/t12-,14+/m0/s1.